The van der Waals surface area contributed by atoms with E-state index in [9.17, 15) is 5.11 Å². The Morgan fingerprint density at radius 2 is 2.25 bits per heavy atom. The van der Waals surface area contributed by atoms with Crippen molar-refractivity contribution >= 4 is 0 Å². The van der Waals surface area contributed by atoms with E-state index in [1.165, 1.54) is 0 Å². The van der Waals surface area contributed by atoms with Gasteiger partial charge in [-0.1, -0.05) is 6.92 Å². The van der Waals surface area contributed by atoms with Crippen LogP contribution in [0.25, 0.3) is 0 Å². The molecule has 1 fully saturated rings. The average Bonchev–Trinajstić information content (AvgIpc) is 1.96. The molecule has 0 spiro atoms. The fourth-order valence-corrected chi connectivity index (χ4v) is 1.65. The van der Waals surface area contributed by atoms with Crippen molar-refractivity contribution in [1.29, 1.82) is 0 Å². The van der Waals surface area contributed by atoms with Crippen molar-refractivity contribution in [3.63, 3.8) is 0 Å². The van der Waals surface area contributed by atoms with Gasteiger partial charge in [0.2, 0.25) is 0 Å². The van der Waals surface area contributed by atoms with Crippen LogP contribution in [-0.2, 0) is 0 Å². The lowest BCUT2D eigenvalue weighted by atomic mass is 9.96. The van der Waals surface area contributed by atoms with Gasteiger partial charge in [-0.3, -0.25) is 4.90 Å². The first-order valence-corrected chi connectivity index (χ1v) is 4.68. The molecular weight excluding hydrogens is 154 g/mol. The number of nitrogens with zero attached hydrogens (tertiary/aromatic N) is 1. The van der Waals surface area contributed by atoms with Crippen LogP contribution in [0.1, 0.15) is 20.3 Å². The van der Waals surface area contributed by atoms with Gasteiger partial charge in [0, 0.05) is 13.1 Å². The summed E-state index contributed by atoms with van der Waals surface area (Å²) in [7, 11) is 0. The molecule has 3 nitrogen and oxygen atoms in total. The van der Waals surface area contributed by atoms with E-state index in [1.807, 2.05) is 0 Å². The minimum atomic E-state index is -0.286. The van der Waals surface area contributed by atoms with Crippen LogP contribution in [0, 0.1) is 5.92 Å². The fourth-order valence-electron chi connectivity index (χ4n) is 1.65. The zero-order valence-corrected chi connectivity index (χ0v) is 7.90. The Kier molecular flexibility index (Phi) is 3.50. The second-order valence-electron chi connectivity index (χ2n) is 3.94. The molecule has 2 N–H and O–H groups in total. The van der Waals surface area contributed by atoms with Gasteiger partial charge in [-0.05, 0) is 25.8 Å². The highest BCUT2D eigenvalue weighted by atomic mass is 16.3. The zero-order chi connectivity index (χ0) is 9.14. The van der Waals surface area contributed by atoms with E-state index < -0.39 is 0 Å². The van der Waals surface area contributed by atoms with Gasteiger partial charge in [0.05, 0.1) is 12.2 Å². The normalized spacial score (nSPS) is 35.0. The Labute approximate surface area is 74.0 Å². The highest BCUT2D eigenvalue weighted by molar-refractivity contribution is 4.77. The van der Waals surface area contributed by atoms with Crippen molar-refractivity contribution < 1.29 is 10.2 Å². The molecule has 1 aliphatic heterocycles. The molecule has 0 radical (unpaired) electrons. The second kappa shape index (κ2) is 4.21. The number of likely N-dealkylation sites (tertiary alicyclic amines) is 1. The topological polar surface area (TPSA) is 43.7 Å². The smallest absolute Gasteiger partial charge is 0.0693 e. The number of hydrogen-bond donors (Lipinski definition) is 2. The number of β-amino-alcohol motifs (C(OH)–C–C–N with tert-alkyl or cyclic N) is 2. The molecule has 3 atom stereocenters. The molecule has 12 heavy (non-hydrogen) atoms. The molecule has 0 aromatic heterocycles. The monoisotopic (exact) mass is 173 g/mol. The number of rotatable bonds is 2. The maximum atomic E-state index is 9.54. The summed E-state index contributed by atoms with van der Waals surface area (Å²) in [6.45, 7) is 6.26. The summed E-state index contributed by atoms with van der Waals surface area (Å²) in [6.07, 6.45) is 0.538. The van der Waals surface area contributed by atoms with E-state index in [0.717, 1.165) is 13.0 Å². The average molecular weight is 173 g/mol. The van der Waals surface area contributed by atoms with Gasteiger partial charge in [0.1, 0.15) is 0 Å². The molecule has 1 saturated heterocycles. The van der Waals surface area contributed by atoms with E-state index in [2.05, 4.69) is 11.8 Å². The summed E-state index contributed by atoms with van der Waals surface area (Å²) in [5.74, 6) is 0.412. The van der Waals surface area contributed by atoms with Gasteiger partial charge >= 0.3 is 0 Å². The van der Waals surface area contributed by atoms with Crippen LogP contribution in [0.15, 0.2) is 0 Å². The molecule has 3 unspecified atom stereocenters. The third kappa shape index (κ3) is 2.73. The fraction of sp³-hybridized carbons (Fsp3) is 1.00. The summed E-state index contributed by atoms with van der Waals surface area (Å²) in [4.78, 5) is 2.12. The Balaban J connectivity index is 2.30. The molecule has 0 aromatic carbocycles. The maximum absolute atomic E-state index is 9.54. The molecule has 0 bridgehead atoms. The molecule has 1 aliphatic rings. The van der Waals surface area contributed by atoms with Crippen molar-refractivity contribution in [1.82, 2.24) is 4.90 Å². The zero-order valence-electron chi connectivity index (χ0n) is 7.90. The third-order valence-corrected chi connectivity index (χ3v) is 2.53. The second-order valence-corrected chi connectivity index (χ2v) is 3.94. The van der Waals surface area contributed by atoms with Gasteiger partial charge in [-0.25, -0.2) is 0 Å². The van der Waals surface area contributed by atoms with Gasteiger partial charge in [-0.2, -0.15) is 0 Å². The predicted molar refractivity (Wildman–Crippen MR) is 47.9 cm³/mol. The highest BCUT2D eigenvalue weighted by Gasteiger charge is 2.24. The number of hydrogen-bond acceptors (Lipinski definition) is 3. The predicted octanol–water partition coefficient (Wildman–Crippen LogP) is 0.0699. The van der Waals surface area contributed by atoms with Crippen LogP contribution in [0.5, 0.6) is 0 Å². The van der Waals surface area contributed by atoms with Gasteiger partial charge in [0.25, 0.3) is 0 Å². The largest absolute Gasteiger partial charge is 0.392 e. The molecule has 0 aromatic rings. The SMILES string of the molecule is CC(O)CN1CCC(C)C(O)C1. The molecule has 0 aliphatic carbocycles. The van der Waals surface area contributed by atoms with E-state index in [0.29, 0.717) is 19.0 Å². The first-order valence-electron chi connectivity index (χ1n) is 4.68. The van der Waals surface area contributed by atoms with E-state index in [1.54, 1.807) is 6.92 Å². The standard InChI is InChI=1S/C9H19NO2/c1-7-3-4-10(5-8(2)11)6-9(7)12/h7-9,11-12H,3-6H2,1-2H3. The lowest BCUT2D eigenvalue weighted by Crippen LogP contribution is -2.45. The third-order valence-electron chi connectivity index (χ3n) is 2.53. The molecule has 1 rings (SSSR count). The van der Waals surface area contributed by atoms with Crippen molar-refractivity contribution in [2.75, 3.05) is 19.6 Å². The van der Waals surface area contributed by atoms with Crippen molar-refractivity contribution in [2.45, 2.75) is 32.5 Å². The maximum Gasteiger partial charge on any atom is 0.0693 e. The van der Waals surface area contributed by atoms with Gasteiger partial charge < -0.3 is 10.2 Å². The van der Waals surface area contributed by atoms with Crippen LogP contribution in [-0.4, -0.2) is 47.0 Å². The summed E-state index contributed by atoms with van der Waals surface area (Å²) in [5.41, 5.74) is 0. The van der Waals surface area contributed by atoms with Crippen LogP contribution in [0.3, 0.4) is 0 Å². The number of aliphatic hydroxyl groups excluding tert-OH is 2. The molecule has 1 heterocycles. The van der Waals surface area contributed by atoms with E-state index in [-0.39, 0.29) is 12.2 Å². The quantitative estimate of drug-likeness (QED) is 0.621. The van der Waals surface area contributed by atoms with Gasteiger partial charge in [0.15, 0.2) is 0 Å². The molecule has 0 amide bonds. The summed E-state index contributed by atoms with van der Waals surface area (Å²) < 4.78 is 0. The van der Waals surface area contributed by atoms with Crippen LogP contribution >= 0.6 is 0 Å². The summed E-state index contributed by atoms with van der Waals surface area (Å²) in [6, 6.07) is 0. The highest BCUT2D eigenvalue weighted by Crippen LogP contribution is 2.16. The lowest BCUT2D eigenvalue weighted by Gasteiger charge is -2.34. The summed E-state index contributed by atoms with van der Waals surface area (Å²) >= 11 is 0. The van der Waals surface area contributed by atoms with Crippen molar-refractivity contribution in [2.24, 2.45) is 5.92 Å². The minimum Gasteiger partial charge on any atom is -0.392 e. The van der Waals surface area contributed by atoms with Crippen LogP contribution in [0.2, 0.25) is 0 Å². The molecule has 72 valence electrons. The lowest BCUT2D eigenvalue weighted by molar-refractivity contribution is 0.0119. The first kappa shape index (κ1) is 9.96. The molecule has 0 saturated carbocycles. The minimum absolute atomic E-state index is 0.211. The Bertz CT molecular complexity index is 138. The number of aliphatic hydroxyl groups is 2. The first-order chi connectivity index (χ1) is 5.59. The number of piperidine rings is 1. The molecular formula is C9H19NO2. The van der Waals surface area contributed by atoms with Crippen LogP contribution < -0.4 is 0 Å². The van der Waals surface area contributed by atoms with Crippen molar-refractivity contribution in [3.8, 4) is 0 Å². The van der Waals surface area contributed by atoms with Crippen molar-refractivity contribution in [3.05, 3.63) is 0 Å². The van der Waals surface area contributed by atoms with E-state index in [4.69, 9.17) is 5.11 Å². The Morgan fingerprint density at radius 1 is 1.58 bits per heavy atom. The Morgan fingerprint density at radius 3 is 2.75 bits per heavy atom. The Hall–Kier alpha value is -0.120. The van der Waals surface area contributed by atoms with Gasteiger partial charge in [-0.15, -0.1) is 0 Å². The van der Waals surface area contributed by atoms with E-state index >= 15 is 0 Å². The molecule has 3 heteroatoms. The van der Waals surface area contributed by atoms with Crippen LogP contribution in [0.4, 0.5) is 0 Å². The summed E-state index contributed by atoms with van der Waals surface area (Å²) in [5, 5.41) is 18.7.